The first-order chi connectivity index (χ1) is 17.5. The molecule has 0 spiro atoms. The Kier molecular flexibility index (Phi) is 7.28. The predicted molar refractivity (Wildman–Crippen MR) is 143 cm³/mol. The van der Waals surface area contributed by atoms with Crippen LogP contribution in [0.25, 0.3) is 10.9 Å². The molecule has 1 unspecified atom stereocenters. The van der Waals surface area contributed by atoms with Gasteiger partial charge in [-0.25, -0.2) is 4.68 Å². The molecule has 7 heteroatoms. The summed E-state index contributed by atoms with van der Waals surface area (Å²) in [5, 5.41) is 14.1. The van der Waals surface area contributed by atoms with Crippen molar-refractivity contribution in [2.45, 2.75) is 77.9 Å². The second-order valence-electron chi connectivity index (χ2n) is 10.2. The van der Waals surface area contributed by atoms with Gasteiger partial charge in [0.1, 0.15) is 0 Å². The molecule has 1 N–H and O–H groups in total. The fourth-order valence-corrected chi connectivity index (χ4v) is 5.65. The van der Waals surface area contributed by atoms with Crippen molar-refractivity contribution in [1.29, 1.82) is 0 Å². The van der Waals surface area contributed by atoms with E-state index >= 15 is 0 Å². The Hall–Kier alpha value is -3.32. The van der Waals surface area contributed by atoms with Crippen LogP contribution in [0, 0.1) is 13.8 Å². The number of benzene rings is 2. The summed E-state index contributed by atoms with van der Waals surface area (Å²) in [6.45, 7) is 7.68. The first-order valence-electron chi connectivity index (χ1n) is 13.2. The summed E-state index contributed by atoms with van der Waals surface area (Å²) in [7, 11) is 0. The minimum atomic E-state index is -0.0221. The average molecular weight is 485 g/mol. The molecule has 0 bridgehead atoms. The fourth-order valence-electron chi connectivity index (χ4n) is 5.65. The number of aromatic amines is 1. The minimum Gasteiger partial charge on any atom is -0.321 e. The van der Waals surface area contributed by atoms with E-state index in [9.17, 15) is 4.79 Å². The number of nitrogens with zero attached hydrogens (tertiary/aromatic N) is 5. The third-order valence-corrected chi connectivity index (χ3v) is 7.74. The van der Waals surface area contributed by atoms with E-state index in [2.05, 4.69) is 86.4 Å². The molecule has 1 aliphatic carbocycles. The number of aromatic nitrogens is 5. The van der Waals surface area contributed by atoms with Crippen molar-refractivity contribution < 1.29 is 0 Å². The lowest BCUT2D eigenvalue weighted by Crippen LogP contribution is -2.34. The van der Waals surface area contributed by atoms with Crippen molar-refractivity contribution in [3.63, 3.8) is 0 Å². The standard InChI is InChI=1S/C29H36N6O/c1-4-26(28-31-32-33-35(28)24-12-8-9-13-24)34(17-16-22-10-6-5-7-11-22)19-23-18-25-20(2)14-15-21(3)27(25)30-29(23)36/h5-7,10-11,14-15,18,24,26H,4,8-9,12-13,16-17,19H2,1-3H3,(H,30,36). The van der Waals surface area contributed by atoms with Crippen LogP contribution in [-0.4, -0.2) is 36.6 Å². The van der Waals surface area contributed by atoms with E-state index < -0.39 is 0 Å². The SMILES string of the molecule is CCC(c1nnnn1C1CCCC1)N(CCc1ccccc1)Cc1cc2c(C)ccc(C)c2[nH]c1=O. The topological polar surface area (TPSA) is 79.7 Å². The van der Waals surface area contributed by atoms with Crippen LogP contribution in [0.1, 0.15) is 79.2 Å². The highest BCUT2D eigenvalue weighted by atomic mass is 16.1. The zero-order valence-electron chi connectivity index (χ0n) is 21.6. The lowest BCUT2D eigenvalue weighted by atomic mass is 10.0. The summed E-state index contributed by atoms with van der Waals surface area (Å²) >= 11 is 0. The maximum Gasteiger partial charge on any atom is 0.252 e. The van der Waals surface area contributed by atoms with Gasteiger partial charge in [0.2, 0.25) is 0 Å². The van der Waals surface area contributed by atoms with Crippen molar-refractivity contribution in [2.75, 3.05) is 6.54 Å². The molecule has 0 saturated heterocycles. The van der Waals surface area contributed by atoms with Crippen molar-refractivity contribution >= 4 is 10.9 Å². The number of pyridine rings is 1. The molecule has 0 radical (unpaired) electrons. The van der Waals surface area contributed by atoms with E-state index in [-0.39, 0.29) is 11.6 Å². The molecule has 7 nitrogen and oxygen atoms in total. The molecule has 1 atom stereocenters. The van der Waals surface area contributed by atoms with Crippen molar-refractivity contribution in [2.24, 2.45) is 0 Å². The van der Waals surface area contributed by atoms with Crippen LogP contribution < -0.4 is 5.56 Å². The highest BCUT2D eigenvalue weighted by Gasteiger charge is 2.29. The Labute approximate surface area is 212 Å². The first-order valence-corrected chi connectivity index (χ1v) is 13.2. The molecule has 5 rings (SSSR count). The number of H-pyrrole nitrogens is 1. The first kappa shape index (κ1) is 24.4. The third kappa shape index (κ3) is 4.98. The summed E-state index contributed by atoms with van der Waals surface area (Å²) < 4.78 is 2.06. The van der Waals surface area contributed by atoms with Gasteiger partial charge in [0, 0.05) is 24.0 Å². The van der Waals surface area contributed by atoms with Crippen LogP contribution in [-0.2, 0) is 13.0 Å². The molecular weight excluding hydrogens is 448 g/mol. The Balaban J connectivity index is 1.51. The van der Waals surface area contributed by atoms with E-state index in [1.54, 1.807) is 0 Å². The van der Waals surface area contributed by atoms with Crippen LogP contribution in [0.5, 0.6) is 0 Å². The number of hydrogen-bond donors (Lipinski definition) is 1. The zero-order valence-corrected chi connectivity index (χ0v) is 21.6. The Morgan fingerprint density at radius 3 is 2.58 bits per heavy atom. The Bertz CT molecular complexity index is 1370. The Morgan fingerprint density at radius 1 is 1.08 bits per heavy atom. The van der Waals surface area contributed by atoms with Gasteiger partial charge in [0.25, 0.3) is 5.56 Å². The molecule has 0 aliphatic heterocycles. The normalized spacial score (nSPS) is 15.2. The summed E-state index contributed by atoms with van der Waals surface area (Å²) in [5.74, 6) is 0.918. The third-order valence-electron chi connectivity index (χ3n) is 7.74. The van der Waals surface area contributed by atoms with Gasteiger partial charge in [-0.05, 0) is 72.7 Å². The van der Waals surface area contributed by atoms with E-state index in [4.69, 9.17) is 0 Å². The van der Waals surface area contributed by atoms with E-state index in [1.165, 1.54) is 24.0 Å². The predicted octanol–water partition coefficient (Wildman–Crippen LogP) is 5.44. The van der Waals surface area contributed by atoms with Crippen LogP contribution >= 0.6 is 0 Å². The molecule has 36 heavy (non-hydrogen) atoms. The molecular formula is C29H36N6O. The smallest absolute Gasteiger partial charge is 0.252 e. The second-order valence-corrected chi connectivity index (χ2v) is 10.2. The molecule has 2 heterocycles. The fraction of sp³-hybridized carbons (Fsp3) is 0.448. The van der Waals surface area contributed by atoms with Gasteiger partial charge >= 0.3 is 0 Å². The molecule has 2 aromatic carbocycles. The van der Waals surface area contributed by atoms with Gasteiger partial charge < -0.3 is 4.98 Å². The van der Waals surface area contributed by atoms with Crippen LogP contribution in [0.4, 0.5) is 0 Å². The van der Waals surface area contributed by atoms with Crippen LogP contribution in [0.2, 0.25) is 0 Å². The lowest BCUT2D eigenvalue weighted by molar-refractivity contribution is 0.169. The summed E-state index contributed by atoms with van der Waals surface area (Å²) in [5.41, 5.74) is 5.22. The van der Waals surface area contributed by atoms with Gasteiger partial charge in [0.05, 0.1) is 17.6 Å². The van der Waals surface area contributed by atoms with E-state index in [0.717, 1.165) is 60.1 Å². The summed E-state index contributed by atoms with van der Waals surface area (Å²) in [6, 6.07) is 17.2. The van der Waals surface area contributed by atoms with Crippen LogP contribution in [0.15, 0.2) is 53.3 Å². The lowest BCUT2D eigenvalue weighted by Gasteiger charge is -2.31. The molecule has 2 aromatic heterocycles. The van der Waals surface area contributed by atoms with Gasteiger partial charge in [-0.1, -0.05) is 62.2 Å². The maximum absolute atomic E-state index is 13.3. The van der Waals surface area contributed by atoms with Crippen molar-refractivity contribution in [3.8, 4) is 0 Å². The van der Waals surface area contributed by atoms with Crippen molar-refractivity contribution in [1.82, 2.24) is 30.1 Å². The molecule has 188 valence electrons. The van der Waals surface area contributed by atoms with Crippen molar-refractivity contribution in [3.05, 3.63) is 87.0 Å². The van der Waals surface area contributed by atoms with Crippen LogP contribution in [0.3, 0.4) is 0 Å². The molecule has 1 aliphatic rings. The Morgan fingerprint density at radius 2 is 1.83 bits per heavy atom. The average Bonchev–Trinajstić information content (AvgIpc) is 3.59. The maximum atomic E-state index is 13.3. The monoisotopic (exact) mass is 484 g/mol. The highest BCUT2D eigenvalue weighted by molar-refractivity contribution is 5.85. The van der Waals surface area contributed by atoms with Gasteiger partial charge in [0.15, 0.2) is 5.82 Å². The molecule has 1 fully saturated rings. The molecule has 4 aromatic rings. The largest absolute Gasteiger partial charge is 0.321 e. The number of tetrazole rings is 1. The highest BCUT2D eigenvalue weighted by Crippen LogP contribution is 2.33. The summed E-state index contributed by atoms with van der Waals surface area (Å²) in [4.78, 5) is 18.8. The number of fused-ring (bicyclic) bond motifs is 1. The van der Waals surface area contributed by atoms with E-state index in [0.29, 0.717) is 12.6 Å². The number of nitrogens with one attached hydrogen (secondary N) is 1. The summed E-state index contributed by atoms with van der Waals surface area (Å²) in [6.07, 6.45) is 6.47. The number of hydrogen-bond acceptors (Lipinski definition) is 5. The second kappa shape index (κ2) is 10.7. The van der Waals surface area contributed by atoms with Gasteiger partial charge in [-0.2, -0.15) is 0 Å². The van der Waals surface area contributed by atoms with Gasteiger partial charge in [-0.3, -0.25) is 9.69 Å². The molecule has 0 amide bonds. The number of rotatable bonds is 9. The minimum absolute atomic E-state index is 0.0221. The number of aryl methyl sites for hydroxylation is 2. The van der Waals surface area contributed by atoms with E-state index in [1.807, 2.05) is 13.0 Å². The molecule has 1 saturated carbocycles. The zero-order chi connectivity index (χ0) is 25.1. The quantitative estimate of drug-likeness (QED) is 0.342. The van der Waals surface area contributed by atoms with Gasteiger partial charge in [-0.15, -0.1) is 5.10 Å².